The summed E-state index contributed by atoms with van der Waals surface area (Å²) in [5.41, 5.74) is 0. The van der Waals surface area contributed by atoms with E-state index in [-0.39, 0.29) is 29.6 Å². The molecule has 0 spiro atoms. The van der Waals surface area contributed by atoms with Crippen molar-refractivity contribution in [2.45, 2.75) is 77.8 Å². The van der Waals surface area contributed by atoms with Crippen molar-refractivity contribution in [1.82, 2.24) is 0 Å². The average Bonchev–Trinajstić information content (AvgIpc) is 2.32. The van der Waals surface area contributed by atoms with Gasteiger partial charge in [-0.05, 0) is 36.3 Å². The van der Waals surface area contributed by atoms with E-state index in [4.69, 9.17) is 21.7 Å². The number of hydrogen-bond donors (Lipinski definition) is 0. The van der Waals surface area contributed by atoms with Crippen molar-refractivity contribution in [2.75, 3.05) is 13.2 Å². The van der Waals surface area contributed by atoms with Gasteiger partial charge in [-0.2, -0.15) is 0 Å². The molecule has 0 heterocycles. The van der Waals surface area contributed by atoms with Crippen molar-refractivity contribution >= 4 is 16.6 Å². The first kappa shape index (κ1) is 27.9. The van der Waals surface area contributed by atoms with Crippen LogP contribution in [0.4, 0.5) is 0 Å². The van der Waals surface area contributed by atoms with Crippen molar-refractivity contribution in [3.63, 3.8) is 0 Å². The summed E-state index contributed by atoms with van der Waals surface area (Å²) in [5, 5.41) is 0.480. The Morgan fingerprint density at radius 3 is 1.04 bits per heavy atom. The van der Waals surface area contributed by atoms with E-state index in [1.165, 1.54) is 0 Å². The van der Waals surface area contributed by atoms with Gasteiger partial charge in [0.2, 0.25) is 0 Å². The van der Waals surface area contributed by atoms with Crippen LogP contribution in [0.3, 0.4) is 0 Å². The summed E-state index contributed by atoms with van der Waals surface area (Å²) in [6, 6.07) is 0. The molecule has 0 saturated carbocycles. The van der Waals surface area contributed by atoms with Crippen LogP contribution in [0.25, 0.3) is 0 Å². The third kappa shape index (κ3) is 11.3. The second-order valence-corrected chi connectivity index (χ2v) is 18.1. The fraction of sp³-hybridized carbons (Fsp3) is 0.778. The summed E-state index contributed by atoms with van der Waals surface area (Å²) < 4.78 is 11.2. The molecule has 0 rings (SSSR count). The van der Waals surface area contributed by atoms with Crippen molar-refractivity contribution in [2.24, 2.45) is 0 Å². The minimum absolute atomic E-state index is 0. The molecule has 2 nitrogen and oxygen atoms in total. The molecule has 0 aromatic carbocycles. The second-order valence-electron chi connectivity index (χ2n) is 8.45. The van der Waals surface area contributed by atoms with Gasteiger partial charge in [-0.25, -0.2) is 0 Å². The molecular weight excluding hydrogens is 370 g/mol. The number of rotatable bonds is 4. The van der Waals surface area contributed by atoms with Crippen LogP contribution in [-0.4, -0.2) is 29.8 Å². The first-order valence-corrected chi connectivity index (χ1v) is 13.5. The summed E-state index contributed by atoms with van der Waals surface area (Å²) in [4.78, 5) is 0. The van der Waals surface area contributed by atoms with Gasteiger partial charge in [-0.3, -0.25) is 0 Å². The Bertz CT molecular complexity index is 365. The van der Waals surface area contributed by atoms with Gasteiger partial charge in [0.25, 0.3) is 0 Å². The SMILES string of the molecule is [C-]#CCO[Si](C)(C)C(C)(C)C.[C-]#CCO[Si](C)(C)C(C)(C)C.[Zn+2]. The Morgan fingerprint density at radius 2 is 0.913 bits per heavy atom. The van der Waals surface area contributed by atoms with Crippen molar-refractivity contribution in [1.29, 1.82) is 0 Å². The molecule has 0 fully saturated rings. The predicted octanol–water partition coefficient (Wildman–Crippen LogP) is 5.19. The molecule has 0 saturated heterocycles. The Balaban J connectivity index is -0.000000333. The molecule has 0 N–H and O–H groups in total. The monoisotopic (exact) mass is 402 g/mol. The van der Waals surface area contributed by atoms with Crippen molar-refractivity contribution < 1.29 is 28.3 Å². The van der Waals surface area contributed by atoms with E-state index in [1.807, 2.05) is 0 Å². The normalized spacial score (nSPS) is 12.2. The Labute approximate surface area is 160 Å². The molecule has 0 aliphatic carbocycles. The molecule has 0 aromatic heterocycles. The molecule has 5 heteroatoms. The zero-order valence-corrected chi connectivity index (χ0v) is 21.9. The molecule has 0 radical (unpaired) electrons. The first-order valence-electron chi connectivity index (χ1n) is 7.69. The van der Waals surface area contributed by atoms with Gasteiger partial charge in [0, 0.05) is 0 Å². The third-order valence-electron chi connectivity index (χ3n) is 4.62. The van der Waals surface area contributed by atoms with E-state index in [2.05, 4.69) is 79.6 Å². The minimum atomic E-state index is -1.61. The molecule has 0 unspecified atom stereocenters. The Morgan fingerprint density at radius 1 is 0.696 bits per heavy atom. The van der Waals surface area contributed by atoms with Crippen LogP contribution in [0.1, 0.15) is 41.5 Å². The fourth-order valence-electron chi connectivity index (χ4n) is 0.866. The first-order chi connectivity index (χ1) is 9.62. The van der Waals surface area contributed by atoms with Crippen LogP contribution >= 0.6 is 0 Å². The zero-order chi connectivity index (χ0) is 18.2. The van der Waals surface area contributed by atoms with Crippen molar-refractivity contribution in [3.8, 4) is 11.8 Å². The maximum absolute atomic E-state index is 6.73. The van der Waals surface area contributed by atoms with E-state index in [1.54, 1.807) is 0 Å². The van der Waals surface area contributed by atoms with Crippen LogP contribution < -0.4 is 0 Å². The average molecular weight is 404 g/mol. The summed E-state index contributed by atoms with van der Waals surface area (Å²) in [7, 11) is -3.22. The molecule has 128 valence electrons. The standard InChI is InChI=1S/2C9H17OSi.Zn/c2*1-7-8-10-11(5,6)9(2,3)4;/h2*8H2,2-6H3;/q2*-1;+2. The summed E-state index contributed by atoms with van der Waals surface area (Å²) in [6.45, 7) is 22.5. The molecule has 0 aliphatic heterocycles. The quantitative estimate of drug-likeness (QED) is 0.365. The van der Waals surface area contributed by atoms with E-state index >= 15 is 0 Å². The van der Waals surface area contributed by atoms with Crippen LogP contribution in [0, 0.1) is 24.7 Å². The molecular formula is C18H34O2Si2Zn. The summed E-state index contributed by atoms with van der Waals surface area (Å²) in [6.07, 6.45) is 13.5. The Kier molecular flexibility index (Phi) is 13.2. The summed E-state index contributed by atoms with van der Waals surface area (Å²) in [5.74, 6) is 4.52. The maximum Gasteiger partial charge on any atom is 2.00 e. The largest absolute Gasteiger partial charge is 2.00 e. The van der Waals surface area contributed by atoms with Crippen LogP contribution in [-0.2, 0) is 28.3 Å². The molecule has 0 aliphatic rings. The number of hydrogen-bond acceptors (Lipinski definition) is 2. The van der Waals surface area contributed by atoms with E-state index in [0.29, 0.717) is 13.2 Å². The van der Waals surface area contributed by atoms with Gasteiger partial charge in [0.1, 0.15) is 0 Å². The van der Waals surface area contributed by atoms with E-state index < -0.39 is 16.6 Å². The van der Waals surface area contributed by atoms with E-state index in [9.17, 15) is 0 Å². The van der Waals surface area contributed by atoms with Crippen LogP contribution in [0.2, 0.25) is 36.3 Å². The third-order valence-corrected chi connectivity index (χ3v) is 13.6. The van der Waals surface area contributed by atoms with Gasteiger partial charge in [-0.15, -0.1) is 0 Å². The predicted molar refractivity (Wildman–Crippen MR) is 101 cm³/mol. The smallest absolute Gasteiger partial charge is 0.691 e. The van der Waals surface area contributed by atoms with Gasteiger partial charge in [0.15, 0.2) is 16.6 Å². The maximum atomic E-state index is 6.73. The topological polar surface area (TPSA) is 18.5 Å². The van der Waals surface area contributed by atoms with Crippen molar-refractivity contribution in [3.05, 3.63) is 12.8 Å². The van der Waals surface area contributed by atoms with Gasteiger partial charge < -0.3 is 33.5 Å². The molecule has 0 aromatic rings. The second kappa shape index (κ2) is 10.9. The molecule has 0 atom stereocenters. The zero-order valence-electron chi connectivity index (χ0n) is 16.9. The van der Waals surface area contributed by atoms with Gasteiger partial charge >= 0.3 is 19.5 Å². The van der Waals surface area contributed by atoms with Crippen LogP contribution in [0.15, 0.2) is 0 Å². The molecule has 23 heavy (non-hydrogen) atoms. The van der Waals surface area contributed by atoms with Crippen LogP contribution in [0.5, 0.6) is 0 Å². The van der Waals surface area contributed by atoms with Gasteiger partial charge in [0.05, 0.1) is 13.2 Å². The van der Waals surface area contributed by atoms with E-state index in [0.717, 1.165) is 0 Å². The Hall–Kier alpha value is 0.0971. The van der Waals surface area contributed by atoms with Gasteiger partial charge in [-0.1, -0.05) is 41.5 Å². The molecule has 0 bridgehead atoms. The fourth-order valence-corrected chi connectivity index (χ4v) is 2.60. The summed E-state index contributed by atoms with van der Waals surface area (Å²) >= 11 is 0. The molecule has 0 amide bonds. The minimum Gasteiger partial charge on any atom is -0.691 e.